The number of anilines is 2. The zero-order chi connectivity index (χ0) is 27.1. The summed E-state index contributed by atoms with van der Waals surface area (Å²) >= 11 is 0. The van der Waals surface area contributed by atoms with Crippen molar-refractivity contribution in [1.82, 2.24) is 4.57 Å². The van der Waals surface area contributed by atoms with Gasteiger partial charge in [-0.25, -0.2) is 8.42 Å². The highest BCUT2D eigenvalue weighted by atomic mass is 32.2. The molecule has 0 atom stereocenters. The number of hydrogen-bond acceptors (Lipinski definition) is 4. The van der Waals surface area contributed by atoms with Crippen molar-refractivity contribution < 1.29 is 17.9 Å². The van der Waals surface area contributed by atoms with Crippen LogP contribution in [0.25, 0.3) is 21.8 Å². The number of aryl methyl sites for hydroxylation is 2. The van der Waals surface area contributed by atoms with Gasteiger partial charge in [-0.1, -0.05) is 36.4 Å². The molecular formula is C31H29N3O4S. The highest BCUT2D eigenvalue weighted by Crippen LogP contribution is 2.34. The third kappa shape index (κ3) is 4.40. The molecule has 198 valence electrons. The second-order valence-corrected chi connectivity index (χ2v) is 11.6. The third-order valence-corrected chi connectivity index (χ3v) is 9.12. The first-order valence-electron chi connectivity index (χ1n) is 13.0. The van der Waals surface area contributed by atoms with E-state index in [0.717, 1.165) is 39.6 Å². The number of hydrogen-bond donors (Lipinski definition) is 1. The first-order valence-corrected chi connectivity index (χ1v) is 14.5. The molecule has 1 amide bonds. The number of nitrogens with one attached hydrogen (secondary N) is 1. The Morgan fingerprint density at radius 2 is 1.69 bits per heavy atom. The molecule has 1 aromatic heterocycles. The molecule has 0 unspecified atom stereocenters. The lowest BCUT2D eigenvalue weighted by Crippen LogP contribution is -2.29. The van der Waals surface area contributed by atoms with Crippen LogP contribution in [0.5, 0.6) is 5.75 Å². The third-order valence-electron chi connectivity index (χ3n) is 7.31. The average molecular weight is 540 g/mol. The molecular weight excluding hydrogens is 510 g/mol. The topological polar surface area (TPSA) is 80.6 Å². The number of carbonyl (C=O) groups is 1. The summed E-state index contributed by atoms with van der Waals surface area (Å²) in [5, 5.41) is 5.15. The van der Waals surface area contributed by atoms with E-state index in [9.17, 15) is 13.2 Å². The van der Waals surface area contributed by atoms with E-state index in [1.165, 1.54) is 10.4 Å². The minimum absolute atomic E-state index is 0.193. The Hall–Kier alpha value is -4.30. The van der Waals surface area contributed by atoms with Gasteiger partial charge in [-0.3, -0.25) is 9.10 Å². The van der Waals surface area contributed by atoms with E-state index >= 15 is 0 Å². The number of carbonyl (C=O) groups excluding carboxylic acids is 1. The fourth-order valence-corrected chi connectivity index (χ4v) is 7.03. The molecule has 39 heavy (non-hydrogen) atoms. The molecule has 0 fully saturated rings. The molecule has 4 aromatic carbocycles. The standard InChI is InChI=1S/C31H29N3O4S/c1-3-33-28-11-7-5-9-25(28)26-19-23(12-14-29(26)33)32-31(35)20-38-30-15-13-24(18-21(30)2)39(36,37)34-17-16-22-8-4-6-10-27(22)34/h4-15,18-19H,3,16-17,20H2,1-2H3,(H,32,35). The molecule has 7 nitrogen and oxygen atoms in total. The second-order valence-electron chi connectivity index (χ2n) is 9.71. The summed E-state index contributed by atoms with van der Waals surface area (Å²) in [6, 6.07) is 26.5. The summed E-state index contributed by atoms with van der Waals surface area (Å²) in [5.41, 5.74) is 5.38. The van der Waals surface area contributed by atoms with Gasteiger partial charge in [0.25, 0.3) is 15.9 Å². The van der Waals surface area contributed by atoms with Crippen molar-refractivity contribution in [2.45, 2.75) is 31.7 Å². The van der Waals surface area contributed by atoms with Gasteiger partial charge in [-0.05, 0) is 79.9 Å². The number of nitrogens with zero attached hydrogens (tertiary/aromatic N) is 2. The van der Waals surface area contributed by atoms with Gasteiger partial charge in [-0.15, -0.1) is 0 Å². The van der Waals surface area contributed by atoms with E-state index < -0.39 is 10.0 Å². The van der Waals surface area contributed by atoms with Crippen molar-refractivity contribution in [3.63, 3.8) is 0 Å². The Kier molecular flexibility index (Phi) is 6.27. The number of para-hydroxylation sites is 2. The normalized spacial score (nSPS) is 13.1. The van der Waals surface area contributed by atoms with Crippen LogP contribution in [-0.4, -0.2) is 32.0 Å². The Balaban J connectivity index is 1.15. The minimum atomic E-state index is -3.70. The number of fused-ring (bicyclic) bond motifs is 4. The maximum atomic E-state index is 13.3. The summed E-state index contributed by atoms with van der Waals surface area (Å²) < 4.78 is 36.2. The van der Waals surface area contributed by atoms with Gasteiger partial charge in [-0.2, -0.15) is 0 Å². The molecule has 1 N–H and O–H groups in total. The van der Waals surface area contributed by atoms with Crippen LogP contribution in [-0.2, 0) is 27.8 Å². The molecule has 0 saturated heterocycles. The van der Waals surface area contributed by atoms with Gasteiger partial charge in [0.05, 0.1) is 10.6 Å². The van der Waals surface area contributed by atoms with Gasteiger partial charge in [0.2, 0.25) is 0 Å². The smallest absolute Gasteiger partial charge is 0.264 e. The van der Waals surface area contributed by atoms with Crippen LogP contribution >= 0.6 is 0 Å². The summed E-state index contributed by atoms with van der Waals surface area (Å²) in [6.07, 6.45) is 0.693. The number of ether oxygens (including phenoxy) is 1. The SMILES string of the molecule is CCn1c2ccccc2c2cc(NC(=O)COc3ccc(S(=O)(=O)N4CCc5ccccc54)cc3C)ccc21. The molecule has 0 bridgehead atoms. The number of aromatic nitrogens is 1. The lowest BCUT2D eigenvalue weighted by Gasteiger charge is -2.20. The Labute approximate surface area is 227 Å². The molecule has 0 radical (unpaired) electrons. The first-order chi connectivity index (χ1) is 18.9. The van der Waals surface area contributed by atoms with Crippen molar-refractivity contribution in [2.24, 2.45) is 0 Å². The molecule has 2 heterocycles. The summed E-state index contributed by atoms with van der Waals surface area (Å²) in [5.74, 6) is 0.172. The molecule has 0 spiro atoms. The van der Waals surface area contributed by atoms with Crippen LogP contribution in [0.2, 0.25) is 0 Å². The number of benzene rings is 4. The molecule has 8 heteroatoms. The van der Waals surface area contributed by atoms with E-state index in [4.69, 9.17) is 4.74 Å². The lowest BCUT2D eigenvalue weighted by molar-refractivity contribution is -0.118. The van der Waals surface area contributed by atoms with Crippen LogP contribution in [0.3, 0.4) is 0 Å². The van der Waals surface area contributed by atoms with Gasteiger partial charge in [0.15, 0.2) is 6.61 Å². The largest absolute Gasteiger partial charge is 0.483 e. The molecule has 6 rings (SSSR count). The van der Waals surface area contributed by atoms with Crippen molar-refractivity contribution in [3.8, 4) is 5.75 Å². The van der Waals surface area contributed by atoms with Gasteiger partial charge in [0.1, 0.15) is 5.75 Å². The van der Waals surface area contributed by atoms with E-state index in [2.05, 4.69) is 28.9 Å². The Morgan fingerprint density at radius 1 is 0.923 bits per heavy atom. The van der Waals surface area contributed by atoms with Crippen molar-refractivity contribution >= 4 is 49.1 Å². The number of sulfonamides is 1. The molecule has 0 saturated carbocycles. The van der Waals surface area contributed by atoms with Crippen LogP contribution in [0.4, 0.5) is 11.4 Å². The number of rotatable bonds is 7. The average Bonchev–Trinajstić information content (AvgIpc) is 3.52. The predicted octanol–water partition coefficient (Wildman–Crippen LogP) is 5.89. The Morgan fingerprint density at radius 3 is 2.51 bits per heavy atom. The number of amides is 1. The quantitative estimate of drug-likeness (QED) is 0.280. The monoisotopic (exact) mass is 539 g/mol. The first kappa shape index (κ1) is 25.0. The van der Waals surface area contributed by atoms with Gasteiger partial charge < -0.3 is 14.6 Å². The van der Waals surface area contributed by atoms with E-state index in [-0.39, 0.29) is 17.4 Å². The van der Waals surface area contributed by atoms with Crippen LogP contribution < -0.4 is 14.4 Å². The highest BCUT2D eigenvalue weighted by Gasteiger charge is 2.30. The predicted molar refractivity (Wildman–Crippen MR) is 155 cm³/mol. The zero-order valence-corrected chi connectivity index (χ0v) is 22.7. The van der Waals surface area contributed by atoms with Gasteiger partial charge >= 0.3 is 0 Å². The van der Waals surface area contributed by atoms with Crippen molar-refractivity contribution in [1.29, 1.82) is 0 Å². The zero-order valence-electron chi connectivity index (χ0n) is 21.8. The maximum absolute atomic E-state index is 13.3. The minimum Gasteiger partial charge on any atom is -0.483 e. The summed E-state index contributed by atoms with van der Waals surface area (Å²) in [4.78, 5) is 12.9. The van der Waals surface area contributed by atoms with Crippen LogP contribution in [0, 0.1) is 6.92 Å². The fraction of sp³-hybridized carbons (Fsp3) is 0.194. The van der Waals surface area contributed by atoms with Gasteiger partial charge in [0, 0.05) is 40.6 Å². The Bertz CT molecular complexity index is 1840. The van der Waals surface area contributed by atoms with Crippen molar-refractivity contribution in [2.75, 3.05) is 22.8 Å². The second kappa shape index (κ2) is 9.78. The van der Waals surface area contributed by atoms with E-state index in [0.29, 0.717) is 30.0 Å². The maximum Gasteiger partial charge on any atom is 0.264 e. The van der Waals surface area contributed by atoms with Crippen LogP contribution in [0.15, 0.2) is 89.8 Å². The molecule has 5 aromatic rings. The van der Waals surface area contributed by atoms with E-state index in [1.807, 2.05) is 54.6 Å². The fourth-order valence-electron chi connectivity index (χ4n) is 5.44. The lowest BCUT2D eigenvalue weighted by atomic mass is 10.1. The van der Waals surface area contributed by atoms with Crippen molar-refractivity contribution in [3.05, 3.63) is 96.1 Å². The van der Waals surface area contributed by atoms with Crippen LogP contribution in [0.1, 0.15) is 18.1 Å². The molecule has 1 aliphatic heterocycles. The summed E-state index contributed by atoms with van der Waals surface area (Å²) in [7, 11) is -3.70. The highest BCUT2D eigenvalue weighted by molar-refractivity contribution is 7.92. The molecule has 1 aliphatic rings. The summed E-state index contributed by atoms with van der Waals surface area (Å²) in [6.45, 7) is 4.98. The molecule has 0 aliphatic carbocycles. The van der Waals surface area contributed by atoms with E-state index in [1.54, 1.807) is 19.1 Å².